The van der Waals surface area contributed by atoms with E-state index in [1.54, 1.807) is 12.1 Å². The maximum absolute atomic E-state index is 9.92. The van der Waals surface area contributed by atoms with Crippen molar-refractivity contribution in [2.75, 3.05) is 5.32 Å². The number of para-hydroxylation sites is 3. The maximum atomic E-state index is 9.92. The Morgan fingerprint density at radius 1 is 0.857 bits per heavy atom. The molecular weight excluding hydrogens is 262 g/mol. The van der Waals surface area contributed by atoms with Crippen molar-refractivity contribution in [1.29, 1.82) is 0 Å². The van der Waals surface area contributed by atoms with Crippen LogP contribution in [0.4, 0.5) is 11.4 Å². The molecule has 4 nitrogen and oxygen atoms in total. The first-order chi connectivity index (χ1) is 10.3. The van der Waals surface area contributed by atoms with Crippen molar-refractivity contribution in [2.45, 2.75) is 0 Å². The zero-order valence-electron chi connectivity index (χ0n) is 11.2. The summed E-state index contributed by atoms with van der Waals surface area (Å²) in [6, 6.07) is 19.0. The van der Waals surface area contributed by atoms with Gasteiger partial charge in [-0.2, -0.15) is 0 Å². The zero-order chi connectivity index (χ0) is 14.2. The van der Waals surface area contributed by atoms with Crippen molar-refractivity contribution >= 4 is 28.1 Å². The highest BCUT2D eigenvalue weighted by Crippen LogP contribution is 2.30. The highest BCUT2D eigenvalue weighted by molar-refractivity contribution is 5.93. The standard InChI is InChI=1S/C17H13N3O/c21-15-9-2-1-6-12(15)18-13-7-5-8-14-17(13)20-11-4-3-10-16(20)19-14/h1-11,18,21H. The first-order valence-electron chi connectivity index (χ1n) is 6.74. The van der Waals surface area contributed by atoms with E-state index in [-0.39, 0.29) is 5.75 Å². The Morgan fingerprint density at radius 2 is 1.67 bits per heavy atom. The van der Waals surface area contributed by atoms with Gasteiger partial charge in [0.25, 0.3) is 0 Å². The molecule has 0 unspecified atom stereocenters. The molecule has 0 amide bonds. The van der Waals surface area contributed by atoms with Gasteiger partial charge in [-0.05, 0) is 36.4 Å². The second kappa shape index (κ2) is 4.52. The fourth-order valence-corrected chi connectivity index (χ4v) is 2.54. The highest BCUT2D eigenvalue weighted by Gasteiger charge is 2.09. The van der Waals surface area contributed by atoms with Gasteiger partial charge >= 0.3 is 0 Å². The number of anilines is 2. The Hall–Kier alpha value is -3.01. The lowest BCUT2D eigenvalue weighted by atomic mass is 10.2. The lowest BCUT2D eigenvalue weighted by Gasteiger charge is -2.09. The summed E-state index contributed by atoms with van der Waals surface area (Å²) in [5, 5.41) is 13.2. The van der Waals surface area contributed by atoms with Crippen LogP contribution in [0, 0.1) is 0 Å². The third-order valence-electron chi connectivity index (χ3n) is 3.50. The Morgan fingerprint density at radius 3 is 2.57 bits per heavy atom. The van der Waals surface area contributed by atoms with E-state index in [9.17, 15) is 5.11 Å². The summed E-state index contributed by atoms with van der Waals surface area (Å²) in [4.78, 5) is 4.60. The van der Waals surface area contributed by atoms with Crippen LogP contribution >= 0.6 is 0 Å². The largest absolute Gasteiger partial charge is 0.506 e. The van der Waals surface area contributed by atoms with Gasteiger partial charge in [0.2, 0.25) is 0 Å². The molecule has 0 spiro atoms. The number of phenolic OH excluding ortho intramolecular Hbond substituents is 1. The Labute approximate surface area is 121 Å². The van der Waals surface area contributed by atoms with E-state index < -0.39 is 0 Å². The molecular formula is C17H13N3O. The first kappa shape index (κ1) is 11.8. The third-order valence-corrected chi connectivity index (χ3v) is 3.50. The quantitative estimate of drug-likeness (QED) is 0.545. The maximum Gasteiger partial charge on any atom is 0.139 e. The smallest absolute Gasteiger partial charge is 0.139 e. The number of fused-ring (bicyclic) bond motifs is 3. The molecule has 0 fully saturated rings. The van der Waals surface area contributed by atoms with Crippen LogP contribution in [0.2, 0.25) is 0 Å². The number of benzene rings is 2. The van der Waals surface area contributed by atoms with E-state index >= 15 is 0 Å². The molecule has 0 radical (unpaired) electrons. The molecule has 2 heterocycles. The number of phenols is 1. The molecule has 2 N–H and O–H groups in total. The normalized spacial score (nSPS) is 11.0. The van der Waals surface area contributed by atoms with Gasteiger partial charge in [0, 0.05) is 6.20 Å². The molecule has 0 bridgehead atoms. The number of rotatable bonds is 2. The van der Waals surface area contributed by atoms with Gasteiger partial charge in [-0.25, -0.2) is 4.98 Å². The van der Waals surface area contributed by atoms with E-state index in [1.165, 1.54) is 0 Å². The predicted octanol–water partition coefficient (Wildman–Crippen LogP) is 3.94. The fraction of sp³-hybridized carbons (Fsp3) is 0. The van der Waals surface area contributed by atoms with Gasteiger partial charge in [-0.1, -0.05) is 24.3 Å². The summed E-state index contributed by atoms with van der Waals surface area (Å²) in [7, 11) is 0. The Bertz CT molecular complexity index is 943. The lowest BCUT2D eigenvalue weighted by molar-refractivity contribution is 0.478. The number of aromatic nitrogens is 2. The molecule has 0 saturated carbocycles. The number of imidazole rings is 1. The molecule has 102 valence electrons. The molecule has 2 aromatic carbocycles. The minimum atomic E-state index is 0.225. The SMILES string of the molecule is Oc1ccccc1Nc1cccc2nc3ccccn3c12. The van der Waals surface area contributed by atoms with Crippen molar-refractivity contribution in [3.05, 3.63) is 66.9 Å². The second-order valence-corrected chi connectivity index (χ2v) is 4.86. The second-order valence-electron chi connectivity index (χ2n) is 4.86. The molecule has 21 heavy (non-hydrogen) atoms. The van der Waals surface area contributed by atoms with Crippen LogP contribution < -0.4 is 5.32 Å². The van der Waals surface area contributed by atoms with Gasteiger partial charge in [0.1, 0.15) is 11.4 Å². The van der Waals surface area contributed by atoms with Crippen molar-refractivity contribution in [2.24, 2.45) is 0 Å². The summed E-state index contributed by atoms with van der Waals surface area (Å²) in [5.41, 5.74) is 4.40. The minimum absolute atomic E-state index is 0.225. The van der Waals surface area contributed by atoms with Crippen molar-refractivity contribution in [3.63, 3.8) is 0 Å². The molecule has 4 rings (SSSR count). The number of pyridine rings is 1. The average molecular weight is 275 g/mol. The van der Waals surface area contributed by atoms with Crippen LogP contribution in [0.1, 0.15) is 0 Å². The summed E-state index contributed by atoms with van der Waals surface area (Å²) in [6.07, 6.45) is 1.99. The monoisotopic (exact) mass is 275 g/mol. The summed E-state index contributed by atoms with van der Waals surface area (Å²) in [6.45, 7) is 0. The van der Waals surface area contributed by atoms with Crippen LogP contribution in [-0.4, -0.2) is 14.5 Å². The molecule has 4 aromatic rings. The molecule has 2 aromatic heterocycles. The van der Waals surface area contributed by atoms with Crippen LogP contribution in [0.15, 0.2) is 66.9 Å². The van der Waals surface area contributed by atoms with Gasteiger partial charge in [-0.3, -0.25) is 4.40 Å². The van der Waals surface area contributed by atoms with Crippen LogP contribution in [0.3, 0.4) is 0 Å². The zero-order valence-corrected chi connectivity index (χ0v) is 11.2. The van der Waals surface area contributed by atoms with E-state index in [1.807, 2.05) is 59.1 Å². The molecule has 0 aliphatic carbocycles. The number of hydrogen-bond donors (Lipinski definition) is 2. The molecule has 0 aliphatic rings. The van der Waals surface area contributed by atoms with Crippen LogP contribution in [-0.2, 0) is 0 Å². The average Bonchev–Trinajstić information content (AvgIpc) is 2.89. The van der Waals surface area contributed by atoms with E-state index in [0.717, 1.165) is 22.4 Å². The lowest BCUT2D eigenvalue weighted by Crippen LogP contribution is -1.93. The van der Waals surface area contributed by atoms with Crippen molar-refractivity contribution < 1.29 is 5.11 Å². The number of nitrogens with zero attached hydrogens (tertiary/aromatic N) is 2. The highest BCUT2D eigenvalue weighted by atomic mass is 16.3. The molecule has 0 atom stereocenters. The van der Waals surface area contributed by atoms with Gasteiger partial charge in [0.15, 0.2) is 0 Å². The van der Waals surface area contributed by atoms with Gasteiger partial charge in [0.05, 0.1) is 22.4 Å². The van der Waals surface area contributed by atoms with Gasteiger partial charge < -0.3 is 10.4 Å². The first-order valence-corrected chi connectivity index (χ1v) is 6.74. The number of nitrogens with one attached hydrogen (secondary N) is 1. The van der Waals surface area contributed by atoms with Crippen molar-refractivity contribution in [3.8, 4) is 5.75 Å². The van der Waals surface area contributed by atoms with E-state index in [4.69, 9.17) is 0 Å². The summed E-state index contributed by atoms with van der Waals surface area (Å²) >= 11 is 0. The van der Waals surface area contributed by atoms with Crippen LogP contribution in [0.5, 0.6) is 5.75 Å². The Kier molecular flexibility index (Phi) is 2.54. The Balaban J connectivity index is 1.94. The number of hydrogen-bond acceptors (Lipinski definition) is 3. The topological polar surface area (TPSA) is 49.6 Å². The number of aromatic hydroxyl groups is 1. The van der Waals surface area contributed by atoms with Crippen LogP contribution in [0.25, 0.3) is 16.7 Å². The molecule has 4 heteroatoms. The fourth-order valence-electron chi connectivity index (χ4n) is 2.54. The van der Waals surface area contributed by atoms with Crippen molar-refractivity contribution in [1.82, 2.24) is 9.38 Å². The summed E-state index contributed by atoms with van der Waals surface area (Å²) < 4.78 is 2.04. The molecule has 0 aliphatic heterocycles. The van der Waals surface area contributed by atoms with E-state index in [2.05, 4.69) is 10.3 Å². The minimum Gasteiger partial charge on any atom is -0.506 e. The predicted molar refractivity (Wildman–Crippen MR) is 84.1 cm³/mol. The van der Waals surface area contributed by atoms with E-state index in [0.29, 0.717) is 5.69 Å². The summed E-state index contributed by atoms with van der Waals surface area (Å²) in [5.74, 6) is 0.225. The molecule has 0 saturated heterocycles. The van der Waals surface area contributed by atoms with Gasteiger partial charge in [-0.15, -0.1) is 0 Å². The third kappa shape index (κ3) is 1.89.